The van der Waals surface area contributed by atoms with Gasteiger partial charge < -0.3 is 15.6 Å². The van der Waals surface area contributed by atoms with Crippen molar-refractivity contribution in [3.8, 4) is 11.4 Å². The van der Waals surface area contributed by atoms with Gasteiger partial charge in [-0.2, -0.15) is 4.39 Å². The SMILES string of the molecule is CC(C)(C)C(C(=O)Nc1nc(-c2cccc(F)n2)cs1)n1ccc(C(N)=O)c1. The molecule has 0 aromatic carbocycles. The van der Waals surface area contributed by atoms with Gasteiger partial charge in [0.2, 0.25) is 17.8 Å². The van der Waals surface area contributed by atoms with Gasteiger partial charge in [0.1, 0.15) is 11.7 Å². The van der Waals surface area contributed by atoms with E-state index in [0.29, 0.717) is 22.1 Å². The number of carbonyl (C=O) groups excluding carboxylic acids is 2. The molecular formula is C19H20FN5O2S. The highest BCUT2D eigenvalue weighted by molar-refractivity contribution is 7.14. The maximum Gasteiger partial charge on any atom is 0.250 e. The Bertz CT molecular complexity index is 1020. The summed E-state index contributed by atoms with van der Waals surface area (Å²) < 4.78 is 15.0. The molecule has 7 nitrogen and oxygen atoms in total. The molecule has 0 saturated carbocycles. The Labute approximate surface area is 165 Å². The molecule has 3 aromatic heterocycles. The third-order valence-electron chi connectivity index (χ3n) is 4.08. The van der Waals surface area contributed by atoms with E-state index in [1.54, 1.807) is 40.5 Å². The Morgan fingerprint density at radius 1 is 1.21 bits per heavy atom. The maximum atomic E-state index is 13.3. The molecule has 0 bridgehead atoms. The number of hydrogen-bond acceptors (Lipinski definition) is 5. The van der Waals surface area contributed by atoms with E-state index in [0.717, 1.165) is 0 Å². The fourth-order valence-electron chi connectivity index (χ4n) is 2.87. The predicted octanol–water partition coefficient (Wildman–Crippen LogP) is 3.47. The Morgan fingerprint density at radius 2 is 1.96 bits per heavy atom. The molecule has 0 spiro atoms. The van der Waals surface area contributed by atoms with Crippen LogP contribution >= 0.6 is 11.3 Å². The van der Waals surface area contributed by atoms with E-state index in [1.807, 2.05) is 20.8 Å². The van der Waals surface area contributed by atoms with Crippen LogP contribution in [0.3, 0.4) is 0 Å². The number of nitrogens with two attached hydrogens (primary N) is 1. The van der Waals surface area contributed by atoms with Crippen molar-refractivity contribution < 1.29 is 14.0 Å². The zero-order valence-corrected chi connectivity index (χ0v) is 16.5. The number of amides is 2. The van der Waals surface area contributed by atoms with E-state index in [2.05, 4.69) is 15.3 Å². The number of pyridine rings is 1. The van der Waals surface area contributed by atoms with Gasteiger partial charge in [-0.1, -0.05) is 26.8 Å². The van der Waals surface area contributed by atoms with E-state index in [9.17, 15) is 14.0 Å². The van der Waals surface area contributed by atoms with Gasteiger partial charge in [-0.3, -0.25) is 9.59 Å². The first kappa shape index (κ1) is 19.7. The van der Waals surface area contributed by atoms with Crippen molar-refractivity contribution in [1.82, 2.24) is 14.5 Å². The molecule has 28 heavy (non-hydrogen) atoms. The van der Waals surface area contributed by atoms with E-state index in [-0.39, 0.29) is 5.91 Å². The van der Waals surface area contributed by atoms with Gasteiger partial charge in [-0.05, 0) is 23.6 Å². The lowest BCUT2D eigenvalue weighted by Crippen LogP contribution is -2.35. The average Bonchev–Trinajstić information content (AvgIpc) is 3.23. The van der Waals surface area contributed by atoms with Gasteiger partial charge in [0.25, 0.3) is 0 Å². The number of primary amides is 1. The van der Waals surface area contributed by atoms with Crippen molar-refractivity contribution in [1.29, 1.82) is 0 Å². The van der Waals surface area contributed by atoms with E-state index in [4.69, 9.17) is 5.73 Å². The summed E-state index contributed by atoms with van der Waals surface area (Å²) in [5.74, 6) is -1.44. The fraction of sp³-hybridized carbons (Fsp3) is 0.263. The molecule has 9 heteroatoms. The Morgan fingerprint density at radius 3 is 2.57 bits per heavy atom. The van der Waals surface area contributed by atoms with Crippen molar-refractivity contribution in [2.45, 2.75) is 26.8 Å². The molecule has 0 aliphatic rings. The highest BCUT2D eigenvalue weighted by atomic mass is 32.1. The summed E-state index contributed by atoms with van der Waals surface area (Å²) >= 11 is 1.22. The quantitative estimate of drug-likeness (QED) is 0.639. The smallest absolute Gasteiger partial charge is 0.250 e. The summed E-state index contributed by atoms with van der Waals surface area (Å²) in [6.45, 7) is 5.77. The molecule has 0 aliphatic carbocycles. The molecule has 1 atom stereocenters. The molecule has 1 unspecified atom stereocenters. The molecule has 3 aromatic rings. The zero-order chi connectivity index (χ0) is 20.5. The highest BCUT2D eigenvalue weighted by Gasteiger charge is 2.33. The first-order chi connectivity index (χ1) is 13.1. The highest BCUT2D eigenvalue weighted by Crippen LogP contribution is 2.33. The van der Waals surface area contributed by atoms with Crippen molar-refractivity contribution >= 4 is 28.3 Å². The number of thiazole rings is 1. The van der Waals surface area contributed by atoms with Gasteiger partial charge >= 0.3 is 0 Å². The summed E-state index contributed by atoms with van der Waals surface area (Å²) in [5, 5.41) is 4.88. The number of halogens is 1. The summed E-state index contributed by atoms with van der Waals surface area (Å²) in [7, 11) is 0. The minimum Gasteiger partial charge on any atom is -0.366 e. The number of nitrogens with zero attached hydrogens (tertiary/aromatic N) is 3. The number of aromatic nitrogens is 3. The normalized spacial score (nSPS) is 12.6. The number of hydrogen-bond donors (Lipinski definition) is 2. The van der Waals surface area contributed by atoms with Gasteiger partial charge in [-0.25, -0.2) is 9.97 Å². The molecule has 3 N–H and O–H groups in total. The van der Waals surface area contributed by atoms with Crippen molar-refractivity contribution in [3.63, 3.8) is 0 Å². The molecule has 0 saturated heterocycles. The molecule has 2 amide bonds. The number of carbonyl (C=O) groups is 2. The zero-order valence-electron chi connectivity index (χ0n) is 15.6. The number of rotatable bonds is 5. The van der Waals surface area contributed by atoms with Crippen LogP contribution in [-0.2, 0) is 4.79 Å². The van der Waals surface area contributed by atoms with Crippen LogP contribution in [0.1, 0.15) is 37.2 Å². The van der Waals surface area contributed by atoms with Crippen molar-refractivity contribution in [3.05, 3.63) is 53.6 Å². The Kier molecular flexibility index (Phi) is 5.28. The van der Waals surface area contributed by atoms with E-state index in [1.165, 1.54) is 17.4 Å². The molecule has 146 valence electrons. The van der Waals surface area contributed by atoms with Crippen LogP contribution in [0.2, 0.25) is 0 Å². The van der Waals surface area contributed by atoms with Gasteiger partial charge in [0.15, 0.2) is 5.13 Å². The van der Waals surface area contributed by atoms with Crippen molar-refractivity contribution in [2.24, 2.45) is 11.1 Å². The second kappa shape index (κ2) is 7.51. The first-order valence-electron chi connectivity index (χ1n) is 8.52. The van der Waals surface area contributed by atoms with Crippen LogP contribution in [0.5, 0.6) is 0 Å². The lowest BCUT2D eigenvalue weighted by atomic mass is 9.86. The Balaban J connectivity index is 1.83. The number of anilines is 1. The molecule has 0 aliphatic heterocycles. The maximum absolute atomic E-state index is 13.3. The van der Waals surface area contributed by atoms with E-state index < -0.39 is 23.3 Å². The topological polar surface area (TPSA) is 103 Å². The molecule has 3 rings (SSSR count). The number of nitrogens with one attached hydrogen (secondary N) is 1. The Hall–Kier alpha value is -3.07. The summed E-state index contributed by atoms with van der Waals surface area (Å²) in [5.41, 5.74) is 6.06. The van der Waals surface area contributed by atoms with E-state index >= 15 is 0 Å². The van der Waals surface area contributed by atoms with Crippen molar-refractivity contribution in [2.75, 3.05) is 5.32 Å². The lowest BCUT2D eigenvalue weighted by molar-refractivity contribution is -0.122. The summed E-state index contributed by atoms with van der Waals surface area (Å²) in [6, 6.07) is 5.43. The fourth-order valence-corrected chi connectivity index (χ4v) is 3.58. The van der Waals surface area contributed by atoms with Gasteiger partial charge in [0, 0.05) is 17.8 Å². The predicted molar refractivity (Wildman–Crippen MR) is 105 cm³/mol. The standard InChI is InChI=1S/C19H20FN5O2S/c1-19(2,3)15(25-8-7-11(9-25)16(21)26)17(27)24-18-23-13(10-28-18)12-5-4-6-14(20)22-12/h4-10,15H,1-3H3,(H2,21,26)(H,23,24,27). The van der Waals surface area contributed by atoms with Crippen LogP contribution in [0, 0.1) is 11.4 Å². The van der Waals surface area contributed by atoms with Gasteiger partial charge in [-0.15, -0.1) is 11.3 Å². The van der Waals surface area contributed by atoms with Crippen LogP contribution in [-0.4, -0.2) is 26.3 Å². The second-order valence-electron chi connectivity index (χ2n) is 7.35. The molecule has 0 radical (unpaired) electrons. The van der Waals surface area contributed by atoms with Crippen LogP contribution in [0.4, 0.5) is 9.52 Å². The van der Waals surface area contributed by atoms with Crippen LogP contribution < -0.4 is 11.1 Å². The third kappa shape index (κ3) is 4.25. The minimum atomic E-state index is -0.597. The minimum absolute atomic E-state index is 0.285. The summed E-state index contributed by atoms with van der Waals surface area (Å²) in [6.07, 6.45) is 3.21. The second-order valence-corrected chi connectivity index (χ2v) is 8.21. The van der Waals surface area contributed by atoms with Crippen LogP contribution in [0.15, 0.2) is 42.0 Å². The average molecular weight is 401 g/mol. The summed E-state index contributed by atoms with van der Waals surface area (Å²) in [4.78, 5) is 32.5. The largest absolute Gasteiger partial charge is 0.366 e. The molecular weight excluding hydrogens is 381 g/mol. The van der Waals surface area contributed by atoms with Gasteiger partial charge in [0.05, 0.1) is 11.3 Å². The molecule has 3 heterocycles. The lowest BCUT2D eigenvalue weighted by Gasteiger charge is -2.30. The first-order valence-corrected chi connectivity index (χ1v) is 9.40. The monoisotopic (exact) mass is 401 g/mol. The molecule has 0 fully saturated rings. The van der Waals surface area contributed by atoms with Crippen LogP contribution in [0.25, 0.3) is 11.4 Å². The third-order valence-corrected chi connectivity index (χ3v) is 4.84.